The van der Waals surface area contributed by atoms with Gasteiger partial charge in [-0.15, -0.1) is 0 Å². The molecular weight excluding hydrogens is 326 g/mol. The predicted octanol–water partition coefficient (Wildman–Crippen LogP) is 3.39. The van der Waals surface area contributed by atoms with E-state index >= 15 is 0 Å². The van der Waals surface area contributed by atoms with Crippen LogP contribution in [0, 0.1) is 0 Å². The van der Waals surface area contributed by atoms with Gasteiger partial charge < -0.3 is 5.32 Å². The van der Waals surface area contributed by atoms with Crippen LogP contribution in [0.25, 0.3) is 0 Å². The Bertz CT molecular complexity index is 485. The molecule has 2 unspecified atom stereocenters. The van der Waals surface area contributed by atoms with Crippen molar-refractivity contribution in [3.63, 3.8) is 0 Å². The largest absolute Gasteiger partial charge is 0.313 e. The Morgan fingerprint density at radius 2 is 1.79 bits per heavy atom. The van der Waals surface area contributed by atoms with Gasteiger partial charge in [0.25, 0.3) is 0 Å². The van der Waals surface area contributed by atoms with Crippen LogP contribution in [0.4, 0.5) is 0 Å². The molecular formula is C14H22BrNO2S. The zero-order valence-electron chi connectivity index (χ0n) is 11.7. The average Bonchev–Trinajstić information content (AvgIpc) is 2.39. The number of hydrogen-bond acceptors (Lipinski definition) is 3. The number of rotatable bonds is 7. The summed E-state index contributed by atoms with van der Waals surface area (Å²) < 4.78 is 26.0. The van der Waals surface area contributed by atoms with E-state index in [-0.39, 0.29) is 6.04 Å². The molecule has 0 spiro atoms. The van der Waals surface area contributed by atoms with E-state index in [0.29, 0.717) is 4.90 Å². The highest BCUT2D eigenvalue weighted by Gasteiger charge is 2.29. The minimum atomic E-state index is -3.28. The second kappa shape index (κ2) is 7.41. The Kier molecular flexibility index (Phi) is 6.50. The maximum atomic E-state index is 12.6. The first kappa shape index (κ1) is 16.7. The molecule has 0 bridgehead atoms. The predicted molar refractivity (Wildman–Crippen MR) is 83.2 cm³/mol. The first-order chi connectivity index (χ1) is 8.93. The molecule has 0 amide bonds. The molecule has 0 aliphatic carbocycles. The number of hydrogen-bond donors (Lipinski definition) is 1. The third kappa shape index (κ3) is 4.29. The average molecular weight is 348 g/mol. The van der Waals surface area contributed by atoms with E-state index < -0.39 is 15.1 Å². The fourth-order valence-electron chi connectivity index (χ4n) is 2.03. The summed E-state index contributed by atoms with van der Waals surface area (Å²) in [6.07, 6.45) is 1.80. The summed E-state index contributed by atoms with van der Waals surface area (Å²) in [5.41, 5.74) is 0. The van der Waals surface area contributed by atoms with E-state index in [9.17, 15) is 8.42 Å². The molecule has 1 N–H and O–H groups in total. The second-order valence-corrected chi connectivity index (χ2v) is 7.89. The van der Waals surface area contributed by atoms with Crippen LogP contribution in [0.1, 0.15) is 33.6 Å². The highest BCUT2D eigenvalue weighted by Crippen LogP contribution is 2.21. The van der Waals surface area contributed by atoms with Gasteiger partial charge in [0.1, 0.15) is 0 Å². The fourth-order valence-corrected chi connectivity index (χ4v) is 3.96. The number of sulfone groups is 1. The normalized spacial score (nSPS) is 15.2. The maximum absolute atomic E-state index is 12.6. The Hall–Kier alpha value is -0.390. The van der Waals surface area contributed by atoms with E-state index in [2.05, 4.69) is 28.2 Å². The van der Waals surface area contributed by atoms with Crippen LogP contribution in [0.3, 0.4) is 0 Å². The summed E-state index contributed by atoms with van der Waals surface area (Å²) in [6, 6.07) is 6.83. The molecule has 0 saturated carbocycles. The van der Waals surface area contributed by atoms with Crippen molar-refractivity contribution in [3.05, 3.63) is 28.7 Å². The highest BCUT2D eigenvalue weighted by atomic mass is 79.9. The highest BCUT2D eigenvalue weighted by molar-refractivity contribution is 9.10. The number of nitrogens with one attached hydrogen (secondary N) is 1. The molecule has 108 valence electrons. The Morgan fingerprint density at radius 3 is 2.26 bits per heavy atom. The molecule has 0 saturated heterocycles. The van der Waals surface area contributed by atoms with E-state index in [0.717, 1.165) is 23.9 Å². The van der Waals surface area contributed by atoms with Crippen molar-refractivity contribution >= 4 is 25.8 Å². The van der Waals surface area contributed by atoms with Crippen LogP contribution >= 0.6 is 15.9 Å². The van der Waals surface area contributed by atoms with Crippen LogP contribution < -0.4 is 5.32 Å². The molecule has 0 radical (unpaired) electrons. The van der Waals surface area contributed by atoms with Crippen molar-refractivity contribution in [3.8, 4) is 0 Å². The molecule has 2 atom stereocenters. The summed E-state index contributed by atoms with van der Waals surface area (Å²) >= 11 is 3.32. The third-order valence-electron chi connectivity index (χ3n) is 3.29. The van der Waals surface area contributed by atoms with Crippen LogP contribution in [0.2, 0.25) is 0 Å². The van der Waals surface area contributed by atoms with Crippen LogP contribution in [0.15, 0.2) is 33.6 Å². The van der Waals surface area contributed by atoms with Crippen molar-refractivity contribution in [1.82, 2.24) is 5.32 Å². The van der Waals surface area contributed by atoms with Gasteiger partial charge in [0.15, 0.2) is 9.84 Å². The molecule has 5 heteroatoms. The topological polar surface area (TPSA) is 46.2 Å². The summed E-state index contributed by atoms with van der Waals surface area (Å²) in [5, 5.41) is 2.89. The molecule has 0 heterocycles. The summed E-state index contributed by atoms with van der Waals surface area (Å²) in [5.74, 6) is 0. The molecule has 1 rings (SSSR count). The maximum Gasteiger partial charge on any atom is 0.182 e. The van der Waals surface area contributed by atoms with Gasteiger partial charge in [0.05, 0.1) is 10.1 Å². The molecule has 1 aromatic carbocycles. The van der Waals surface area contributed by atoms with Gasteiger partial charge in [0.2, 0.25) is 0 Å². The van der Waals surface area contributed by atoms with Gasteiger partial charge in [-0.3, -0.25) is 0 Å². The van der Waals surface area contributed by atoms with Crippen molar-refractivity contribution in [1.29, 1.82) is 0 Å². The van der Waals surface area contributed by atoms with Crippen molar-refractivity contribution in [2.24, 2.45) is 0 Å². The van der Waals surface area contributed by atoms with Gasteiger partial charge in [-0.05, 0) is 50.6 Å². The monoisotopic (exact) mass is 347 g/mol. The van der Waals surface area contributed by atoms with Crippen molar-refractivity contribution in [2.45, 2.75) is 49.8 Å². The minimum Gasteiger partial charge on any atom is -0.313 e. The molecule has 19 heavy (non-hydrogen) atoms. The number of halogens is 1. The standard InChI is InChI=1S/C14H22BrNO2S/c1-4-10-16-14(5-2)11(3)19(17,18)13-8-6-12(15)7-9-13/h6-9,11,14,16H,4-5,10H2,1-3H3. The SMILES string of the molecule is CCCNC(CC)C(C)S(=O)(=O)c1ccc(Br)cc1. The zero-order chi connectivity index (χ0) is 14.5. The number of benzene rings is 1. The molecule has 0 aliphatic heterocycles. The van der Waals surface area contributed by atoms with E-state index in [1.165, 1.54) is 0 Å². The lowest BCUT2D eigenvalue weighted by Gasteiger charge is -2.24. The summed E-state index contributed by atoms with van der Waals surface area (Å²) in [7, 11) is -3.28. The van der Waals surface area contributed by atoms with Gasteiger partial charge in [0, 0.05) is 10.5 Å². The Balaban J connectivity index is 2.94. The smallest absolute Gasteiger partial charge is 0.182 e. The molecule has 3 nitrogen and oxygen atoms in total. The van der Waals surface area contributed by atoms with Crippen molar-refractivity contribution in [2.75, 3.05) is 6.54 Å². The lowest BCUT2D eigenvalue weighted by atomic mass is 10.1. The fraction of sp³-hybridized carbons (Fsp3) is 0.571. The lowest BCUT2D eigenvalue weighted by molar-refractivity contribution is 0.472. The van der Waals surface area contributed by atoms with Crippen LogP contribution in [-0.4, -0.2) is 26.3 Å². The second-order valence-electron chi connectivity index (χ2n) is 4.67. The van der Waals surface area contributed by atoms with E-state index in [1.54, 1.807) is 31.2 Å². The molecule has 0 aromatic heterocycles. The first-order valence-electron chi connectivity index (χ1n) is 6.66. The quantitative estimate of drug-likeness (QED) is 0.822. The summed E-state index contributed by atoms with van der Waals surface area (Å²) in [4.78, 5) is 0.389. The van der Waals surface area contributed by atoms with Crippen LogP contribution in [0.5, 0.6) is 0 Å². The Morgan fingerprint density at radius 1 is 1.21 bits per heavy atom. The van der Waals surface area contributed by atoms with Crippen molar-refractivity contribution < 1.29 is 8.42 Å². The van der Waals surface area contributed by atoms with Gasteiger partial charge >= 0.3 is 0 Å². The zero-order valence-corrected chi connectivity index (χ0v) is 14.1. The first-order valence-corrected chi connectivity index (χ1v) is 9.00. The minimum absolute atomic E-state index is 0.00593. The molecule has 1 aromatic rings. The Labute approximate surface area is 124 Å². The van der Waals surface area contributed by atoms with Gasteiger partial charge in [-0.1, -0.05) is 29.8 Å². The molecule has 0 aliphatic rings. The van der Waals surface area contributed by atoms with Gasteiger partial charge in [-0.2, -0.15) is 0 Å². The van der Waals surface area contributed by atoms with Gasteiger partial charge in [-0.25, -0.2) is 8.42 Å². The van der Waals surface area contributed by atoms with Crippen LogP contribution in [-0.2, 0) is 9.84 Å². The molecule has 0 fully saturated rings. The van der Waals surface area contributed by atoms with E-state index in [1.807, 2.05) is 6.92 Å². The lowest BCUT2D eigenvalue weighted by Crippen LogP contribution is -2.42. The summed E-state index contributed by atoms with van der Waals surface area (Å²) in [6.45, 7) is 6.72. The van der Waals surface area contributed by atoms with E-state index in [4.69, 9.17) is 0 Å². The third-order valence-corrected chi connectivity index (χ3v) is 6.06.